The number of ether oxygens (including phenoxy) is 1. The second kappa shape index (κ2) is 5.95. The summed E-state index contributed by atoms with van der Waals surface area (Å²) >= 11 is 0. The van der Waals surface area contributed by atoms with Crippen LogP contribution in [-0.4, -0.2) is 35.3 Å². The molecule has 0 aliphatic carbocycles. The van der Waals surface area contributed by atoms with E-state index in [4.69, 9.17) is 4.74 Å². The number of hydrogen-bond acceptors (Lipinski definition) is 3. The zero-order valence-electron chi connectivity index (χ0n) is 14.9. The molecule has 3 aromatic carbocycles. The molecule has 134 valence electrons. The minimum Gasteiger partial charge on any atom is -0.484 e. The molecule has 1 saturated heterocycles. The third-order valence-electron chi connectivity index (χ3n) is 5.62. The van der Waals surface area contributed by atoms with Gasteiger partial charge in [-0.3, -0.25) is 9.59 Å². The molecule has 27 heavy (non-hydrogen) atoms. The van der Waals surface area contributed by atoms with Crippen LogP contribution in [0.15, 0.2) is 66.7 Å². The van der Waals surface area contributed by atoms with Gasteiger partial charge in [-0.15, -0.1) is 0 Å². The fraction of sp³-hybridized carbons (Fsp3) is 0.217. The van der Waals surface area contributed by atoms with E-state index in [0.29, 0.717) is 42.8 Å². The molecule has 0 radical (unpaired) electrons. The second-order valence-electron chi connectivity index (χ2n) is 7.38. The molecule has 4 heteroatoms. The van der Waals surface area contributed by atoms with Crippen LogP contribution < -0.4 is 4.74 Å². The predicted octanol–water partition coefficient (Wildman–Crippen LogP) is 4.09. The number of rotatable bonds is 1. The lowest BCUT2D eigenvalue weighted by atomic mass is 9.89. The van der Waals surface area contributed by atoms with Crippen LogP contribution in [0.2, 0.25) is 0 Å². The van der Waals surface area contributed by atoms with Gasteiger partial charge in [0.25, 0.3) is 5.91 Å². The van der Waals surface area contributed by atoms with Gasteiger partial charge in [-0.25, -0.2) is 0 Å². The van der Waals surface area contributed by atoms with Gasteiger partial charge in [0.1, 0.15) is 11.4 Å². The molecule has 2 heterocycles. The van der Waals surface area contributed by atoms with E-state index in [2.05, 4.69) is 0 Å². The van der Waals surface area contributed by atoms with Crippen LogP contribution in [0, 0.1) is 0 Å². The first-order chi connectivity index (χ1) is 13.2. The van der Waals surface area contributed by atoms with E-state index in [1.807, 2.05) is 65.6 Å². The van der Waals surface area contributed by atoms with E-state index < -0.39 is 5.60 Å². The van der Waals surface area contributed by atoms with E-state index in [-0.39, 0.29) is 11.7 Å². The number of benzene rings is 3. The summed E-state index contributed by atoms with van der Waals surface area (Å²) in [4.78, 5) is 27.6. The summed E-state index contributed by atoms with van der Waals surface area (Å²) in [7, 11) is 0. The van der Waals surface area contributed by atoms with Crippen LogP contribution in [0.1, 0.15) is 33.6 Å². The maximum atomic E-state index is 13.2. The number of hydrogen-bond donors (Lipinski definition) is 0. The van der Waals surface area contributed by atoms with Gasteiger partial charge >= 0.3 is 0 Å². The van der Waals surface area contributed by atoms with Gasteiger partial charge in [-0.1, -0.05) is 48.5 Å². The Balaban J connectivity index is 1.44. The Bertz CT molecular complexity index is 1070. The molecule has 3 aromatic rings. The van der Waals surface area contributed by atoms with E-state index in [9.17, 15) is 9.59 Å². The molecule has 0 N–H and O–H groups in total. The molecule has 1 unspecified atom stereocenters. The summed E-state index contributed by atoms with van der Waals surface area (Å²) in [6, 6.07) is 21.1. The van der Waals surface area contributed by atoms with Crippen molar-refractivity contribution in [1.29, 1.82) is 0 Å². The number of fused-ring (bicyclic) bond motifs is 2. The summed E-state index contributed by atoms with van der Waals surface area (Å²) in [5.74, 6) is 0.725. The highest BCUT2D eigenvalue weighted by Crippen LogP contribution is 2.39. The molecule has 2 aliphatic heterocycles. The topological polar surface area (TPSA) is 46.6 Å². The molecular weight excluding hydrogens is 338 g/mol. The van der Waals surface area contributed by atoms with Gasteiger partial charge in [0.15, 0.2) is 5.78 Å². The highest BCUT2D eigenvalue weighted by molar-refractivity contribution is 6.07. The number of ketones is 1. The third kappa shape index (κ3) is 2.60. The Morgan fingerprint density at radius 1 is 0.963 bits per heavy atom. The first-order valence-electron chi connectivity index (χ1n) is 9.24. The van der Waals surface area contributed by atoms with Crippen molar-refractivity contribution in [2.75, 3.05) is 13.1 Å². The van der Waals surface area contributed by atoms with Crippen molar-refractivity contribution >= 4 is 22.5 Å². The first-order valence-corrected chi connectivity index (χ1v) is 9.24. The average molecular weight is 357 g/mol. The minimum atomic E-state index is -0.605. The average Bonchev–Trinajstić information content (AvgIpc) is 3.10. The third-order valence-corrected chi connectivity index (χ3v) is 5.62. The quantitative estimate of drug-likeness (QED) is 0.659. The number of carbonyl (C=O) groups is 2. The van der Waals surface area contributed by atoms with Gasteiger partial charge < -0.3 is 9.64 Å². The summed E-state index contributed by atoms with van der Waals surface area (Å²) in [6.07, 6.45) is 0.993. The van der Waals surface area contributed by atoms with Crippen molar-refractivity contribution in [3.05, 3.63) is 77.9 Å². The predicted molar refractivity (Wildman–Crippen MR) is 103 cm³/mol. The molecule has 0 bridgehead atoms. The molecular formula is C23H19NO3. The molecule has 5 rings (SSSR count). The maximum absolute atomic E-state index is 13.2. The number of Topliss-reactive ketones (excluding diaryl/α,β-unsaturated/α-hetero) is 1. The lowest BCUT2D eigenvalue weighted by Gasteiger charge is -2.34. The maximum Gasteiger partial charge on any atom is 0.254 e. The van der Waals surface area contributed by atoms with Crippen LogP contribution in [0.4, 0.5) is 0 Å². The fourth-order valence-electron chi connectivity index (χ4n) is 4.27. The van der Waals surface area contributed by atoms with E-state index in [1.54, 1.807) is 6.07 Å². The lowest BCUT2D eigenvalue weighted by Crippen LogP contribution is -2.45. The fourth-order valence-corrected chi connectivity index (χ4v) is 4.27. The van der Waals surface area contributed by atoms with Crippen LogP contribution in [-0.2, 0) is 0 Å². The Morgan fingerprint density at radius 3 is 2.67 bits per heavy atom. The number of nitrogens with zero attached hydrogens (tertiary/aromatic N) is 1. The molecule has 4 nitrogen and oxygen atoms in total. The van der Waals surface area contributed by atoms with Gasteiger partial charge in [-0.2, -0.15) is 0 Å². The van der Waals surface area contributed by atoms with E-state index in [1.165, 1.54) is 0 Å². The SMILES string of the molecule is O=C1CC2(CCN(C(=O)c3cccc4ccccc34)C2)Oc2ccccc21. The molecule has 2 aliphatic rings. The van der Waals surface area contributed by atoms with E-state index in [0.717, 1.165) is 10.8 Å². The highest BCUT2D eigenvalue weighted by atomic mass is 16.5. The number of carbonyl (C=O) groups excluding carboxylic acids is 2. The Hall–Kier alpha value is -3.14. The van der Waals surface area contributed by atoms with Crippen molar-refractivity contribution < 1.29 is 14.3 Å². The molecule has 0 saturated carbocycles. The summed E-state index contributed by atoms with van der Waals surface area (Å²) < 4.78 is 6.24. The van der Waals surface area contributed by atoms with Crippen molar-refractivity contribution in [2.45, 2.75) is 18.4 Å². The highest BCUT2D eigenvalue weighted by Gasteiger charge is 2.47. The summed E-state index contributed by atoms with van der Waals surface area (Å²) in [5, 5.41) is 2.01. The van der Waals surface area contributed by atoms with Crippen LogP contribution >= 0.6 is 0 Å². The summed E-state index contributed by atoms with van der Waals surface area (Å²) in [5.41, 5.74) is 0.737. The van der Waals surface area contributed by atoms with Gasteiger partial charge in [0.2, 0.25) is 0 Å². The molecule has 1 atom stereocenters. The first kappa shape index (κ1) is 16.1. The standard InChI is InChI=1S/C23H19NO3/c25-20-14-23(27-21-11-4-3-9-19(20)21)12-13-24(15-23)22(26)18-10-5-7-16-6-1-2-8-17(16)18/h1-11H,12-15H2. The molecule has 0 aromatic heterocycles. The number of para-hydroxylation sites is 1. The number of amides is 1. The van der Waals surface area contributed by atoms with Crippen molar-refractivity contribution in [3.63, 3.8) is 0 Å². The smallest absolute Gasteiger partial charge is 0.254 e. The van der Waals surface area contributed by atoms with Crippen LogP contribution in [0.5, 0.6) is 5.75 Å². The second-order valence-corrected chi connectivity index (χ2v) is 7.38. The van der Waals surface area contributed by atoms with Gasteiger partial charge in [-0.05, 0) is 29.0 Å². The normalized spacial score (nSPS) is 21.3. The zero-order valence-corrected chi connectivity index (χ0v) is 14.9. The van der Waals surface area contributed by atoms with E-state index >= 15 is 0 Å². The monoisotopic (exact) mass is 357 g/mol. The van der Waals surface area contributed by atoms with Gasteiger partial charge in [0, 0.05) is 18.5 Å². The molecule has 1 spiro atoms. The zero-order chi connectivity index (χ0) is 18.4. The Kier molecular flexibility index (Phi) is 3.54. The van der Waals surface area contributed by atoms with Crippen molar-refractivity contribution in [2.24, 2.45) is 0 Å². The molecule has 1 amide bonds. The Morgan fingerprint density at radius 2 is 1.74 bits per heavy atom. The largest absolute Gasteiger partial charge is 0.484 e. The molecule has 1 fully saturated rings. The van der Waals surface area contributed by atoms with Crippen LogP contribution in [0.25, 0.3) is 10.8 Å². The van der Waals surface area contributed by atoms with Gasteiger partial charge in [0.05, 0.1) is 18.5 Å². The minimum absolute atomic E-state index is 0.00131. The van der Waals surface area contributed by atoms with Crippen molar-refractivity contribution in [1.82, 2.24) is 4.90 Å². The summed E-state index contributed by atoms with van der Waals surface area (Å²) in [6.45, 7) is 1.03. The van der Waals surface area contributed by atoms with Crippen molar-refractivity contribution in [3.8, 4) is 5.75 Å². The lowest BCUT2D eigenvalue weighted by molar-refractivity contribution is 0.0429. The Labute approximate surface area is 157 Å². The number of likely N-dealkylation sites (tertiary alicyclic amines) is 1. The van der Waals surface area contributed by atoms with Crippen LogP contribution in [0.3, 0.4) is 0 Å².